The summed E-state index contributed by atoms with van der Waals surface area (Å²) in [6.45, 7) is 14.8. The minimum Gasteiger partial charge on any atom is -0.458 e. The Morgan fingerprint density at radius 1 is 0.810 bits per heavy atom. The fourth-order valence-corrected chi connectivity index (χ4v) is 4.20. The molecule has 0 unspecified atom stereocenters. The lowest BCUT2D eigenvalue weighted by Crippen LogP contribution is -2.51. The number of rotatable bonds is 18. The first-order valence-electron chi connectivity index (χ1n) is 15.1. The summed E-state index contributed by atoms with van der Waals surface area (Å²) in [5.74, 6) is -1.88. The van der Waals surface area contributed by atoms with Crippen LogP contribution in [0.25, 0.3) is 0 Å². The highest BCUT2D eigenvalue weighted by Crippen LogP contribution is 2.18. The quantitative estimate of drug-likeness (QED) is 0.185. The molecule has 0 fully saturated rings. The number of ether oxygens (including phenoxy) is 4. The summed E-state index contributed by atoms with van der Waals surface area (Å²) in [4.78, 5) is 40.8. The van der Waals surface area contributed by atoms with Crippen LogP contribution in [0.4, 0.5) is 0 Å². The molecule has 0 radical (unpaired) electrons. The average Bonchev–Trinajstić information content (AvgIpc) is 2.86. The fourth-order valence-electron chi connectivity index (χ4n) is 4.20. The van der Waals surface area contributed by atoms with Crippen molar-refractivity contribution in [3.8, 4) is 0 Å². The molecule has 2 atom stereocenters. The van der Waals surface area contributed by atoms with E-state index in [1.54, 1.807) is 48.6 Å². The zero-order valence-electron chi connectivity index (χ0n) is 27.4. The zero-order valence-corrected chi connectivity index (χ0v) is 27.4. The number of benzene rings is 1. The predicted molar refractivity (Wildman–Crippen MR) is 163 cm³/mol. The molecule has 0 aliphatic heterocycles. The van der Waals surface area contributed by atoms with Crippen LogP contribution in [0.15, 0.2) is 18.2 Å². The Morgan fingerprint density at radius 3 is 2.05 bits per heavy atom. The van der Waals surface area contributed by atoms with E-state index in [4.69, 9.17) is 24.1 Å². The van der Waals surface area contributed by atoms with Crippen molar-refractivity contribution in [3.05, 3.63) is 34.9 Å². The summed E-state index contributed by atoms with van der Waals surface area (Å²) in [6.07, 6.45) is 2.78. The Balaban J connectivity index is 3.00. The van der Waals surface area contributed by atoms with Crippen LogP contribution in [0.1, 0.15) is 96.8 Å². The van der Waals surface area contributed by atoms with Crippen LogP contribution in [0, 0.1) is 13.8 Å². The van der Waals surface area contributed by atoms with Crippen LogP contribution in [-0.2, 0) is 39.8 Å². The van der Waals surface area contributed by atoms with E-state index in [1.165, 1.54) is 21.6 Å². The van der Waals surface area contributed by atoms with Crippen molar-refractivity contribution >= 4 is 17.8 Å². The maximum absolute atomic E-state index is 13.6. The second kappa shape index (κ2) is 18.2. The number of unbranched alkanes of at least 4 members (excludes halogenated alkanes) is 4. The third-order valence-electron chi connectivity index (χ3n) is 6.46. The third-order valence-corrected chi connectivity index (χ3v) is 6.46. The third kappa shape index (κ3) is 15.7. The number of hydrogen-bond donors (Lipinski definition) is 1. The number of nitrogens with zero attached hydrogens (tertiary/aromatic N) is 1. The number of carbonyl (C=O) groups excluding carboxylic acids is 3. The second-order valence-corrected chi connectivity index (χ2v) is 12.9. The van der Waals surface area contributed by atoms with Gasteiger partial charge in [-0.25, -0.2) is 9.59 Å². The largest absolute Gasteiger partial charge is 0.458 e. The molecule has 1 aromatic rings. The molecule has 0 heterocycles. The number of aryl methyl sites for hydroxylation is 3. The molecule has 1 amide bonds. The molecule has 0 bridgehead atoms. The molecule has 42 heavy (non-hydrogen) atoms. The van der Waals surface area contributed by atoms with E-state index in [-0.39, 0.29) is 13.2 Å². The van der Waals surface area contributed by atoms with Crippen molar-refractivity contribution in [1.29, 1.82) is 0 Å². The Kier molecular flexibility index (Phi) is 16.3. The van der Waals surface area contributed by atoms with Crippen molar-refractivity contribution in [3.63, 3.8) is 0 Å². The van der Waals surface area contributed by atoms with Gasteiger partial charge >= 0.3 is 11.9 Å². The Bertz CT molecular complexity index is 979. The summed E-state index contributed by atoms with van der Waals surface area (Å²) < 4.78 is 22.7. The van der Waals surface area contributed by atoms with Crippen molar-refractivity contribution in [2.75, 3.05) is 33.4 Å². The molecule has 1 aromatic carbocycles. The van der Waals surface area contributed by atoms with Crippen LogP contribution >= 0.6 is 0 Å². The van der Waals surface area contributed by atoms with Gasteiger partial charge in [0.15, 0.2) is 12.2 Å². The molecule has 0 spiro atoms. The fraction of sp³-hybridized carbons (Fsp3) is 0.727. The summed E-state index contributed by atoms with van der Waals surface area (Å²) in [7, 11) is 1.64. The molecule has 9 nitrogen and oxygen atoms in total. The highest BCUT2D eigenvalue weighted by molar-refractivity contribution is 5.89. The zero-order chi connectivity index (χ0) is 31.9. The minimum atomic E-state index is -1.46. The first kappa shape index (κ1) is 37.5. The smallest absolute Gasteiger partial charge is 0.339 e. The number of hydrogen-bond acceptors (Lipinski definition) is 8. The van der Waals surface area contributed by atoms with Gasteiger partial charge in [-0.05, 0) is 111 Å². The number of carbonyl (C=O) groups is 3. The first-order chi connectivity index (χ1) is 19.5. The van der Waals surface area contributed by atoms with Gasteiger partial charge in [-0.1, -0.05) is 24.6 Å². The van der Waals surface area contributed by atoms with Gasteiger partial charge < -0.3 is 29.0 Å². The monoisotopic (exact) mass is 593 g/mol. The maximum Gasteiger partial charge on any atom is 0.339 e. The Morgan fingerprint density at radius 2 is 1.45 bits per heavy atom. The van der Waals surface area contributed by atoms with E-state index in [1.807, 2.05) is 0 Å². The molecule has 1 rings (SSSR count). The van der Waals surface area contributed by atoms with E-state index >= 15 is 0 Å². The number of amides is 1. The Labute approximate surface area is 253 Å². The topological polar surface area (TPSA) is 112 Å². The van der Waals surface area contributed by atoms with Crippen molar-refractivity contribution in [2.24, 2.45) is 0 Å². The normalized spacial score (nSPS) is 13.4. The predicted octanol–water partition coefficient (Wildman–Crippen LogP) is 5.09. The Hall–Kier alpha value is -2.49. The lowest BCUT2D eigenvalue weighted by molar-refractivity contribution is -0.189. The van der Waals surface area contributed by atoms with Gasteiger partial charge in [0.1, 0.15) is 17.8 Å². The molecule has 0 aliphatic carbocycles. The molecule has 0 aliphatic rings. The molecule has 0 saturated heterocycles. The van der Waals surface area contributed by atoms with E-state index in [9.17, 15) is 14.4 Å². The van der Waals surface area contributed by atoms with Crippen LogP contribution < -0.4 is 0 Å². The van der Waals surface area contributed by atoms with E-state index in [2.05, 4.69) is 32.0 Å². The second-order valence-electron chi connectivity index (χ2n) is 12.9. The number of aliphatic hydroxyl groups is 1. The van der Waals surface area contributed by atoms with Crippen LogP contribution in [-0.4, -0.2) is 84.7 Å². The number of aliphatic hydroxyl groups excluding tert-OH is 1. The van der Waals surface area contributed by atoms with Gasteiger partial charge in [0, 0.05) is 26.8 Å². The first-order valence-corrected chi connectivity index (χ1v) is 15.1. The van der Waals surface area contributed by atoms with Gasteiger partial charge in [0.05, 0.1) is 0 Å². The van der Waals surface area contributed by atoms with Crippen molar-refractivity contribution < 1.29 is 38.4 Å². The van der Waals surface area contributed by atoms with Crippen molar-refractivity contribution in [2.45, 2.75) is 124 Å². The van der Waals surface area contributed by atoms with Gasteiger partial charge in [-0.15, -0.1) is 0 Å². The van der Waals surface area contributed by atoms with E-state index in [0.717, 1.165) is 25.7 Å². The molecule has 9 heteroatoms. The van der Waals surface area contributed by atoms with Gasteiger partial charge in [0.25, 0.3) is 5.91 Å². The van der Waals surface area contributed by atoms with Crippen LogP contribution in [0.3, 0.4) is 0 Å². The maximum atomic E-state index is 13.6. The lowest BCUT2D eigenvalue weighted by atomic mass is 10.0. The summed E-state index contributed by atoms with van der Waals surface area (Å²) in [5, 5.41) is 9.07. The minimum absolute atomic E-state index is 0.0894. The van der Waals surface area contributed by atoms with E-state index in [0.29, 0.717) is 25.8 Å². The average molecular weight is 594 g/mol. The number of likely N-dealkylation sites (N-methyl/N-ethyl adjacent to an activating group) is 1. The van der Waals surface area contributed by atoms with Gasteiger partial charge in [-0.3, -0.25) is 4.79 Å². The van der Waals surface area contributed by atoms with Crippen LogP contribution in [0.2, 0.25) is 0 Å². The summed E-state index contributed by atoms with van der Waals surface area (Å²) in [5.41, 5.74) is 2.25. The molecular weight excluding hydrogens is 538 g/mol. The van der Waals surface area contributed by atoms with Crippen molar-refractivity contribution in [1.82, 2.24) is 4.90 Å². The van der Waals surface area contributed by atoms with Gasteiger partial charge in [-0.2, -0.15) is 0 Å². The number of esters is 2. The highest BCUT2D eigenvalue weighted by Gasteiger charge is 2.40. The SMILES string of the molecule is Cc1ccc(CCCCCO[C@@H](C(=O)N(C)CCCCCO)[C@@H](OCC(=O)OC(C)(C)C)C(=O)OC(C)(C)C)cc1C. The molecule has 240 valence electrons. The summed E-state index contributed by atoms with van der Waals surface area (Å²) >= 11 is 0. The molecular formula is C33H55NO8. The molecule has 1 N–H and O–H groups in total. The highest BCUT2D eigenvalue weighted by atomic mass is 16.6. The summed E-state index contributed by atoms with van der Waals surface area (Å²) in [6, 6.07) is 6.50. The standard InChI is InChI=1S/C33H55NO8/c1-24-17-18-26(22-25(24)2)16-12-10-15-21-39-28(30(37)34(9)19-13-11-14-20-35)29(31(38)42-33(6,7)8)40-23-27(36)41-32(3,4)5/h17-18,22,28-29,35H,10-16,19-21,23H2,1-9H3/t28-,29-/m1/s1. The lowest BCUT2D eigenvalue weighted by Gasteiger charge is -2.31. The van der Waals surface area contributed by atoms with E-state index < -0.39 is 47.9 Å². The molecule has 0 aromatic heterocycles. The van der Waals surface area contributed by atoms with Gasteiger partial charge in [0.2, 0.25) is 0 Å². The van der Waals surface area contributed by atoms with Crippen LogP contribution in [0.5, 0.6) is 0 Å². The molecule has 0 saturated carbocycles.